The summed E-state index contributed by atoms with van der Waals surface area (Å²) in [6.07, 6.45) is -0.259. The number of carboxylic acid groups (broad SMARTS) is 1. The van der Waals surface area contributed by atoms with Crippen molar-refractivity contribution in [3.05, 3.63) is 27.7 Å². The Balaban J connectivity index is 3.39. The van der Waals surface area contributed by atoms with Gasteiger partial charge in [0, 0.05) is 17.5 Å². The molecule has 0 unspecified atom stereocenters. The quantitative estimate of drug-likeness (QED) is 0.858. The van der Waals surface area contributed by atoms with Crippen LogP contribution in [0.15, 0.2) is 10.9 Å². The predicted octanol–water partition coefficient (Wildman–Crippen LogP) is 1.19. The van der Waals surface area contributed by atoms with Crippen molar-refractivity contribution >= 4 is 5.97 Å². The lowest BCUT2D eigenvalue weighted by Crippen LogP contribution is -2.30. The molecule has 0 spiro atoms. The number of carbonyl (C=O) groups is 1. The number of hydrogen-bond acceptors (Lipinski definition) is 3. The number of aryl methyl sites for hydroxylation is 1. The van der Waals surface area contributed by atoms with Crippen LogP contribution in [0.5, 0.6) is 0 Å². The standard InChI is InChI=1S/C12H18N2O3/c1-5-14-11(17)8(7-10(15)16)6-9(13-14)12(2,3)4/h6H,5,7H2,1-4H3,(H,15,16). The van der Waals surface area contributed by atoms with Gasteiger partial charge < -0.3 is 5.11 Å². The van der Waals surface area contributed by atoms with Gasteiger partial charge in [0.15, 0.2) is 0 Å². The summed E-state index contributed by atoms with van der Waals surface area (Å²) in [4.78, 5) is 22.6. The van der Waals surface area contributed by atoms with Crippen molar-refractivity contribution in [2.75, 3.05) is 0 Å². The molecule has 0 aliphatic heterocycles. The average molecular weight is 238 g/mol. The fraction of sp³-hybridized carbons (Fsp3) is 0.583. The summed E-state index contributed by atoms with van der Waals surface area (Å²) in [5.41, 5.74) is 0.495. The highest BCUT2D eigenvalue weighted by atomic mass is 16.4. The first-order valence-electron chi connectivity index (χ1n) is 5.59. The first-order valence-corrected chi connectivity index (χ1v) is 5.59. The van der Waals surface area contributed by atoms with Crippen LogP contribution in [-0.4, -0.2) is 20.9 Å². The first kappa shape index (κ1) is 13.4. The molecule has 5 nitrogen and oxygen atoms in total. The van der Waals surface area contributed by atoms with Gasteiger partial charge in [-0.1, -0.05) is 20.8 Å². The SMILES string of the molecule is CCn1nc(C(C)(C)C)cc(CC(=O)O)c1=O. The van der Waals surface area contributed by atoms with E-state index in [0.29, 0.717) is 12.1 Å². The second-order valence-corrected chi connectivity index (χ2v) is 5.00. The number of aliphatic carboxylic acids is 1. The molecule has 0 aromatic carbocycles. The lowest BCUT2D eigenvalue weighted by Gasteiger charge is -2.19. The van der Waals surface area contributed by atoms with Crippen LogP contribution in [0.1, 0.15) is 39.0 Å². The number of rotatable bonds is 3. The van der Waals surface area contributed by atoms with E-state index in [1.54, 1.807) is 6.07 Å². The van der Waals surface area contributed by atoms with Crippen LogP contribution in [0, 0.1) is 0 Å². The predicted molar refractivity (Wildman–Crippen MR) is 64.2 cm³/mol. The molecule has 0 radical (unpaired) electrons. The Morgan fingerprint density at radius 1 is 1.47 bits per heavy atom. The molecular weight excluding hydrogens is 220 g/mol. The highest BCUT2D eigenvalue weighted by Crippen LogP contribution is 2.19. The van der Waals surface area contributed by atoms with Crippen LogP contribution in [0.3, 0.4) is 0 Å². The summed E-state index contributed by atoms with van der Waals surface area (Å²) >= 11 is 0. The van der Waals surface area contributed by atoms with Crippen molar-refractivity contribution in [3.63, 3.8) is 0 Å². The Kier molecular flexibility index (Phi) is 3.70. The van der Waals surface area contributed by atoms with Gasteiger partial charge in [0.1, 0.15) is 0 Å². The minimum absolute atomic E-state index is 0.210. The van der Waals surface area contributed by atoms with E-state index in [2.05, 4.69) is 5.10 Å². The molecule has 0 amide bonds. The molecule has 5 heteroatoms. The molecule has 1 aromatic heterocycles. The summed E-state index contributed by atoms with van der Waals surface area (Å²) in [7, 11) is 0. The molecule has 17 heavy (non-hydrogen) atoms. The van der Waals surface area contributed by atoms with Crippen LogP contribution in [0.25, 0.3) is 0 Å². The highest BCUT2D eigenvalue weighted by Gasteiger charge is 2.19. The molecule has 1 heterocycles. The Bertz CT molecular complexity index is 484. The lowest BCUT2D eigenvalue weighted by molar-refractivity contribution is -0.136. The molecule has 94 valence electrons. The normalized spacial score (nSPS) is 11.5. The maximum Gasteiger partial charge on any atom is 0.308 e. The van der Waals surface area contributed by atoms with Crippen molar-refractivity contribution < 1.29 is 9.90 Å². The maximum absolute atomic E-state index is 11.9. The number of carboxylic acids is 1. The van der Waals surface area contributed by atoms with Crippen LogP contribution >= 0.6 is 0 Å². The van der Waals surface area contributed by atoms with E-state index in [4.69, 9.17) is 5.11 Å². The third kappa shape index (κ3) is 3.15. The number of hydrogen-bond donors (Lipinski definition) is 1. The topological polar surface area (TPSA) is 72.2 Å². The number of aromatic nitrogens is 2. The number of nitrogens with zero attached hydrogens (tertiary/aromatic N) is 2. The third-order valence-corrected chi connectivity index (χ3v) is 2.46. The van der Waals surface area contributed by atoms with Crippen LogP contribution < -0.4 is 5.56 Å². The van der Waals surface area contributed by atoms with Gasteiger partial charge in [0.05, 0.1) is 12.1 Å². The van der Waals surface area contributed by atoms with Gasteiger partial charge in [-0.25, -0.2) is 4.68 Å². The van der Waals surface area contributed by atoms with E-state index >= 15 is 0 Å². The van der Waals surface area contributed by atoms with E-state index < -0.39 is 5.97 Å². The van der Waals surface area contributed by atoms with Crippen LogP contribution in [0.4, 0.5) is 0 Å². The third-order valence-electron chi connectivity index (χ3n) is 2.46. The van der Waals surface area contributed by atoms with Crippen molar-refractivity contribution in [2.24, 2.45) is 0 Å². The van der Waals surface area contributed by atoms with Crippen molar-refractivity contribution in [1.82, 2.24) is 9.78 Å². The molecular formula is C12H18N2O3. The Morgan fingerprint density at radius 3 is 2.47 bits per heavy atom. The van der Waals surface area contributed by atoms with Gasteiger partial charge in [0.25, 0.3) is 5.56 Å². The Morgan fingerprint density at radius 2 is 2.06 bits per heavy atom. The molecule has 0 atom stereocenters. The minimum Gasteiger partial charge on any atom is -0.481 e. The van der Waals surface area contributed by atoms with E-state index in [1.165, 1.54) is 4.68 Å². The second-order valence-electron chi connectivity index (χ2n) is 5.00. The summed E-state index contributed by atoms with van der Waals surface area (Å²) in [5, 5.41) is 13.0. The summed E-state index contributed by atoms with van der Waals surface area (Å²) in [6.45, 7) is 8.18. The van der Waals surface area contributed by atoms with Gasteiger partial charge in [-0.05, 0) is 13.0 Å². The molecule has 1 aromatic rings. The van der Waals surface area contributed by atoms with Gasteiger partial charge >= 0.3 is 5.97 Å². The fourth-order valence-electron chi connectivity index (χ4n) is 1.47. The zero-order valence-corrected chi connectivity index (χ0v) is 10.6. The van der Waals surface area contributed by atoms with E-state index in [-0.39, 0.29) is 17.4 Å². The molecule has 0 saturated heterocycles. The van der Waals surface area contributed by atoms with Crippen LogP contribution in [-0.2, 0) is 23.2 Å². The van der Waals surface area contributed by atoms with Gasteiger partial charge in [0.2, 0.25) is 0 Å². The fourth-order valence-corrected chi connectivity index (χ4v) is 1.47. The van der Waals surface area contributed by atoms with Gasteiger partial charge in [-0.15, -0.1) is 0 Å². The first-order chi connectivity index (χ1) is 7.75. The Labute approximate surface area is 100 Å². The Hall–Kier alpha value is -1.65. The van der Waals surface area contributed by atoms with Crippen molar-refractivity contribution in [2.45, 2.75) is 46.1 Å². The largest absolute Gasteiger partial charge is 0.481 e. The molecule has 1 rings (SSSR count). The van der Waals surface area contributed by atoms with E-state index in [1.807, 2.05) is 27.7 Å². The van der Waals surface area contributed by atoms with Crippen molar-refractivity contribution in [3.8, 4) is 0 Å². The maximum atomic E-state index is 11.9. The molecule has 0 bridgehead atoms. The summed E-state index contributed by atoms with van der Waals surface area (Å²) < 4.78 is 1.32. The van der Waals surface area contributed by atoms with Crippen LogP contribution in [0.2, 0.25) is 0 Å². The highest BCUT2D eigenvalue weighted by molar-refractivity contribution is 5.70. The zero-order chi connectivity index (χ0) is 13.2. The minimum atomic E-state index is -1.00. The lowest BCUT2D eigenvalue weighted by atomic mass is 9.91. The molecule has 0 aliphatic carbocycles. The molecule has 1 N–H and O–H groups in total. The van der Waals surface area contributed by atoms with Crippen molar-refractivity contribution in [1.29, 1.82) is 0 Å². The molecule has 0 aliphatic rings. The average Bonchev–Trinajstić information content (AvgIpc) is 2.18. The van der Waals surface area contributed by atoms with Gasteiger partial charge in [-0.3, -0.25) is 9.59 Å². The molecule has 0 saturated carbocycles. The molecule has 0 fully saturated rings. The van der Waals surface area contributed by atoms with E-state index in [9.17, 15) is 9.59 Å². The second kappa shape index (κ2) is 4.69. The summed E-state index contributed by atoms with van der Waals surface area (Å²) in [6, 6.07) is 1.60. The van der Waals surface area contributed by atoms with Gasteiger partial charge in [-0.2, -0.15) is 5.10 Å². The monoisotopic (exact) mass is 238 g/mol. The zero-order valence-electron chi connectivity index (χ0n) is 10.6. The summed E-state index contributed by atoms with van der Waals surface area (Å²) in [5.74, 6) is -1.00. The van der Waals surface area contributed by atoms with E-state index in [0.717, 1.165) is 5.69 Å². The smallest absolute Gasteiger partial charge is 0.308 e.